The largest absolute Gasteiger partial charge is 0.496 e. The van der Waals surface area contributed by atoms with Gasteiger partial charge in [0.2, 0.25) is 0 Å². The Hall–Kier alpha value is -2.74. The number of ether oxygens (including phenoxy) is 1. The Morgan fingerprint density at radius 1 is 1.33 bits per heavy atom. The summed E-state index contributed by atoms with van der Waals surface area (Å²) in [6, 6.07) is 6.31. The SMILES string of the molecule is CCN1c2cc(OC)c(/C=C(\C#N)C(=O)NC3CCCCC3)cc2C(C)=CC1(C)C. The van der Waals surface area contributed by atoms with Crippen molar-refractivity contribution in [2.24, 2.45) is 0 Å². The number of rotatable bonds is 5. The van der Waals surface area contributed by atoms with Crippen LogP contribution in [0.15, 0.2) is 23.8 Å². The van der Waals surface area contributed by atoms with Crippen molar-refractivity contribution in [3.05, 3.63) is 34.9 Å². The fourth-order valence-electron chi connectivity index (χ4n) is 4.80. The average molecular weight is 408 g/mol. The number of benzene rings is 1. The Labute approximate surface area is 180 Å². The van der Waals surface area contributed by atoms with Gasteiger partial charge in [0, 0.05) is 35.5 Å². The zero-order valence-electron chi connectivity index (χ0n) is 18.8. The number of carbonyl (C=O) groups excluding carboxylic acids is 1. The smallest absolute Gasteiger partial charge is 0.262 e. The number of nitrogens with one attached hydrogen (secondary N) is 1. The van der Waals surface area contributed by atoms with E-state index in [1.165, 1.54) is 12.0 Å². The highest BCUT2D eigenvalue weighted by atomic mass is 16.5. The number of allylic oxidation sites excluding steroid dienone is 1. The standard InChI is InChI=1S/C25H33N3O2/c1-6-28-22-14-23(30-5)18(13-21(22)17(2)15-25(28,3)4)12-19(16-26)24(29)27-20-10-8-7-9-11-20/h12-15,20H,6-11H2,1-5H3,(H,27,29)/b19-12+. The fourth-order valence-corrected chi connectivity index (χ4v) is 4.80. The first-order valence-electron chi connectivity index (χ1n) is 10.9. The van der Waals surface area contributed by atoms with Crippen LogP contribution in [0.2, 0.25) is 0 Å². The maximum Gasteiger partial charge on any atom is 0.262 e. The van der Waals surface area contributed by atoms with Crippen molar-refractivity contribution in [2.75, 3.05) is 18.6 Å². The van der Waals surface area contributed by atoms with E-state index in [2.05, 4.69) is 50.1 Å². The van der Waals surface area contributed by atoms with Gasteiger partial charge in [-0.05, 0) is 58.3 Å². The molecule has 1 N–H and O–H groups in total. The summed E-state index contributed by atoms with van der Waals surface area (Å²) in [7, 11) is 1.63. The predicted octanol–water partition coefficient (Wildman–Crippen LogP) is 5.07. The van der Waals surface area contributed by atoms with Gasteiger partial charge in [0.05, 0.1) is 12.6 Å². The molecule has 5 nitrogen and oxygen atoms in total. The van der Waals surface area contributed by atoms with E-state index in [4.69, 9.17) is 4.74 Å². The van der Waals surface area contributed by atoms with Crippen LogP contribution in [0, 0.1) is 11.3 Å². The van der Waals surface area contributed by atoms with Crippen LogP contribution in [0.1, 0.15) is 70.9 Å². The quantitative estimate of drug-likeness (QED) is 0.546. The lowest BCUT2D eigenvalue weighted by Crippen LogP contribution is -2.44. The molecule has 1 aliphatic carbocycles. The number of nitrogens with zero attached hydrogens (tertiary/aromatic N) is 2. The van der Waals surface area contributed by atoms with Gasteiger partial charge in [-0.2, -0.15) is 5.26 Å². The van der Waals surface area contributed by atoms with Gasteiger partial charge in [0.25, 0.3) is 5.91 Å². The van der Waals surface area contributed by atoms with Gasteiger partial charge in [-0.3, -0.25) is 4.79 Å². The highest BCUT2D eigenvalue weighted by molar-refractivity contribution is 6.02. The van der Waals surface area contributed by atoms with E-state index in [0.29, 0.717) is 5.75 Å². The third kappa shape index (κ3) is 4.38. The number of fused-ring (bicyclic) bond motifs is 1. The third-order valence-corrected chi connectivity index (χ3v) is 6.25. The van der Waals surface area contributed by atoms with Crippen LogP contribution < -0.4 is 15.0 Å². The fraction of sp³-hybridized carbons (Fsp3) is 0.520. The minimum atomic E-state index is -0.298. The topological polar surface area (TPSA) is 65.4 Å². The van der Waals surface area contributed by atoms with Crippen LogP contribution in [0.4, 0.5) is 5.69 Å². The Bertz CT molecular complexity index is 915. The minimum Gasteiger partial charge on any atom is -0.496 e. The van der Waals surface area contributed by atoms with E-state index in [1.54, 1.807) is 13.2 Å². The van der Waals surface area contributed by atoms with Gasteiger partial charge >= 0.3 is 0 Å². The van der Waals surface area contributed by atoms with Crippen LogP contribution in [0.25, 0.3) is 11.6 Å². The number of hydrogen-bond donors (Lipinski definition) is 1. The predicted molar refractivity (Wildman–Crippen MR) is 122 cm³/mol. The second-order valence-corrected chi connectivity index (χ2v) is 8.81. The normalized spacial score (nSPS) is 18.9. The van der Waals surface area contributed by atoms with E-state index >= 15 is 0 Å². The molecule has 1 aromatic rings. The number of carbonyl (C=O) groups is 1. The summed E-state index contributed by atoms with van der Waals surface area (Å²) < 4.78 is 5.65. The molecule has 1 saturated carbocycles. The Balaban J connectivity index is 1.98. The van der Waals surface area contributed by atoms with Crippen LogP contribution in [-0.4, -0.2) is 31.1 Å². The molecule has 0 unspecified atom stereocenters. The summed E-state index contributed by atoms with van der Waals surface area (Å²) in [5, 5.41) is 12.7. The van der Waals surface area contributed by atoms with Crippen molar-refractivity contribution in [1.82, 2.24) is 5.32 Å². The third-order valence-electron chi connectivity index (χ3n) is 6.25. The zero-order chi connectivity index (χ0) is 21.9. The summed E-state index contributed by atoms with van der Waals surface area (Å²) in [4.78, 5) is 15.1. The molecule has 0 spiro atoms. The van der Waals surface area contributed by atoms with E-state index in [9.17, 15) is 10.1 Å². The summed E-state index contributed by atoms with van der Waals surface area (Å²) >= 11 is 0. The summed E-state index contributed by atoms with van der Waals surface area (Å²) in [6.45, 7) is 9.52. The lowest BCUT2D eigenvalue weighted by atomic mass is 9.87. The van der Waals surface area contributed by atoms with Gasteiger partial charge in [-0.15, -0.1) is 0 Å². The molecule has 160 valence electrons. The second kappa shape index (κ2) is 8.95. The van der Waals surface area contributed by atoms with Crippen LogP contribution in [0.3, 0.4) is 0 Å². The summed E-state index contributed by atoms with van der Waals surface area (Å²) in [5.74, 6) is 0.365. The van der Waals surface area contributed by atoms with Crippen molar-refractivity contribution in [3.63, 3.8) is 0 Å². The first-order valence-corrected chi connectivity index (χ1v) is 10.9. The van der Waals surface area contributed by atoms with Crippen molar-refractivity contribution in [3.8, 4) is 11.8 Å². The molecule has 1 heterocycles. The monoisotopic (exact) mass is 407 g/mol. The molecule has 2 aliphatic rings. The molecule has 0 aromatic heterocycles. The number of amides is 1. The Morgan fingerprint density at radius 3 is 2.63 bits per heavy atom. The van der Waals surface area contributed by atoms with Crippen molar-refractivity contribution < 1.29 is 9.53 Å². The highest BCUT2D eigenvalue weighted by Gasteiger charge is 2.31. The summed E-state index contributed by atoms with van der Waals surface area (Å²) in [5.41, 5.74) is 4.17. The molecule has 0 saturated heterocycles. The first-order chi connectivity index (χ1) is 14.3. The molecule has 1 fully saturated rings. The average Bonchev–Trinajstić information content (AvgIpc) is 2.72. The maximum absolute atomic E-state index is 12.7. The number of nitriles is 1. The van der Waals surface area contributed by atoms with E-state index in [1.807, 2.05) is 12.1 Å². The van der Waals surface area contributed by atoms with Crippen LogP contribution >= 0.6 is 0 Å². The van der Waals surface area contributed by atoms with Crippen molar-refractivity contribution in [1.29, 1.82) is 5.26 Å². The Morgan fingerprint density at radius 2 is 2.03 bits per heavy atom. The van der Waals surface area contributed by atoms with Gasteiger partial charge in [-0.25, -0.2) is 0 Å². The highest BCUT2D eigenvalue weighted by Crippen LogP contribution is 2.42. The van der Waals surface area contributed by atoms with Crippen LogP contribution in [0.5, 0.6) is 5.75 Å². The van der Waals surface area contributed by atoms with E-state index in [-0.39, 0.29) is 23.1 Å². The molecule has 30 heavy (non-hydrogen) atoms. The molecular weight excluding hydrogens is 374 g/mol. The van der Waals surface area contributed by atoms with Gasteiger partial charge < -0.3 is 15.0 Å². The molecule has 3 rings (SSSR count). The number of anilines is 1. The van der Waals surface area contributed by atoms with Crippen molar-refractivity contribution >= 4 is 23.2 Å². The van der Waals surface area contributed by atoms with E-state index in [0.717, 1.165) is 49.0 Å². The first kappa shape index (κ1) is 22.0. The molecule has 0 radical (unpaired) electrons. The maximum atomic E-state index is 12.7. The Kier molecular flexibility index (Phi) is 6.55. The molecule has 5 heteroatoms. The lowest BCUT2D eigenvalue weighted by molar-refractivity contribution is -0.117. The molecule has 1 aromatic carbocycles. The molecule has 1 aliphatic heterocycles. The van der Waals surface area contributed by atoms with Gasteiger partial charge in [0.15, 0.2) is 0 Å². The number of methoxy groups -OCH3 is 1. The van der Waals surface area contributed by atoms with Crippen molar-refractivity contribution in [2.45, 2.75) is 71.4 Å². The van der Waals surface area contributed by atoms with Crippen LogP contribution in [-0.2, 0) is 4.79 Å². The lowest BCUT2D eigenvalue weighted by Gasteiger charge is -2.43. The number of hydrogen-bond acceptors (Lipinski definition) is 4. The molecule has 1 amide bonds. The molecular formula is C25H33N3O2. The molecule has 0 bridgehead atoms. The van der Waals surface area contributed by atoms with Gasteiger partial charge in [0.1, 0.15) is 17.4 Å². The summed E-state index contributed by atoms with van der Waals surface area (Å²) in [6.07, 6.45) is 9.37. The minimum absolute atomic E-state index is 0.0914. The van der Waals surface area contributed by atoms with E-state index < -0.39 is 0 Å². The second-order valence-electron chi connectivity index (χ2n) is 8.81. The molecule has 0 atom stereocenters. The number of likely N-dealkylation sites (N-methyl/N-ethyl adjacent to an activating group) is 1. The zero-order valence-corrected chi connectivity index (χ0v) is 18.8. The van der Waals surface area contributed by atoms with Gasteiger partial charge in [-0.1, -0.05) is 25.3 Å².